The molecule has 4 N–H and O–H groups in total. The van der Waals surface area contributed by atoms with Gasteiger partial charge in [0.1, 0.15) is 17.4 Å². The molecule has 0 unspecified atom stereocenters. The number of phenolic OH excluding ortho intramolecular Hbond substituents is 1. The second-order valence-electron chi connectivity index (χ2n) is 8.50. The highest BCUT2D eigenvalue weighted by atomic mass is 19.1. The Morgan fingerprint density at radius 1 is 1.09 bits per heavy atom. The van der Waals surface area contributed by atoms with Gasteiger partial charge in [0.2, 0.25) is 0 Å². The molecule has 6 nitrogen and oxygen atoms in total. The Labute approximate surface area is 188 Å². The monoisotopic (exact) mass is 456 g/mol. The van der Waals surface area contributed by atoms with E-state index in [0.29, 0.717) is 23.7 Å². The van der Waals surface area contributed by atoms with Gasteiger partial charge in [-0.1, -0.05) is 6.92 Å². The first-order valence-corrected chi connectivity index (χ1v) is 10.6. The number of phenols is 1. The van der Waals surface area contributed by atoms with Crippen LogP contribution in [0.4, 0.5) is 18.9 Å². The maximum atomic E-state index is 14.5. The lowest BCUT2D eigenvalue weighted by molar-refractivity contribution is 0.101. The number of carbonyl (C=O) groups is 1. The highest BCUT2D eigenvalue weighted by Crippen LogP contribution is 2.38. The molecular weight excluding hydrogens is 433 g/mol. The van der Waals surface area contributed by atoms with Crippen LogP contribution in [-0.2, 0) is 0 Å². The second kappa shape index (κ2) is 9.19. The van der Waals surface area contributed by atoms with E-state index >= 15 is 0 Å². The number of rotatable bonds is 4. The van der Waals surface area contributed by atoms with E-state index in [1.165, 1.54) is 6.20 Å². The zero-order chi connectivity index (χ0) is 23.7. The van der Waals surface area contributed by atoms with Crippen molar-refractivity contribution in [1.82, 2.24) is 9.97 Å². The molecule has 172 valence electrons. The lowest BCUT2D eigenvalue weighted by atomic mass is 9.76. The zero-order valence-corrected chi connectivity index (χ0v) is 17.9. The Kier molecular flexibility index (Phi) is 6.33. The summed E-state index contributed by atoms with van der Waals surface area (Å²) in [5, 5.41) is 12.0. The first kappa shape index (κ1) is 22.7. The number of aromatic hydroxyl groups is 1. The van der Waals surface area contributed by atoms with Crippen LogP contribution < -0.4 is 11.1 Å². The largest absolute Gasteiger partial charge is 0.508 e. The van der Waals surface area contributed by atoms with Crippen LogP contribution in [-0.4, -0.2) is 27.0 Å². The third kappa shape index (κ3) is 4.83. The molecule has 9 heteroatoms. The molecule has 1 aromatic carbocycles. The molecule has 33 heavy (non-hydrogen) atoms. The Morgan fingerprint density at radius 2 is 1.82 bits per heavy atom. The lowest BCUT2D eigenvalue weighted by Crippen LogP contribution is -2.31. The average molecular weight is 456 g/mol. The summed E-state index contributed by atoms with van der Waals surface area (Å²) >= 11 is 0. The number of nitrogens with one attached hydrogen (secondary N) is 1. The van der Waals surface area contributed by atoms with Crippen molar-refractivity contribution < 1.29 is 23.1 Å². The Morgan fingerprint density at radius 3 is 2.52 bits per heavy atom. The summed E-state index contributed by atoms with van der Waals surface area (Å²) in [5.74, 6) is -4.08. The molecule has 0 radical (unpaired) electrons. The molecule has 2 aromatic heterocycles. The molecule has 1 aliphatic rings. The smallest absolute Gasteiger partial charge is 0.277 e. The van der Waals surface area contributed by atoms with Gasteiger partial charge in [-0.25, -0.2) is 18.2 Å². The first-order chi connectivity index (χ1) is 15.7. The molecule has 1 fully saturated rings. The SMILES string of the molecule is C[C@@H]1C[C@@H](N)C[C@H](c2ccncc2NC(=O)c2nc(-c3c(F)cc(O)cc3F)ccc2F)C1. The highest BCUT2D eigenvalue weighted by Gasteiger charge is 2.28. The normalized spacial score (nSPS) is 20.5. The number of carbonyl (C=O) groups excluding carboxylic acids is 1. The topological polar surface area (TPSA) is 101 Å². The number of amides is 1. The van der Waals surface area contributed by atoms with Crippen molar-refractivity contribution in [2.75, 3.05) is 5.32 Å². The molecule has 0 saturated heterocycles. The number of benzene rings is 1. The van der Waals surface area contributed by atoms with E-state index in [9.17, 15) is 23.1 Å². The van der Waals surface area contributed by atoms with Crippen LogP contribution in [0.2, 0.25) is 0 Å². The standard InChI is InChI=1S/C24H23F3N4O2/c1-12-6-13(8-14(28)7-12)16-4-5-29-11-21(16)31-24(33)23-17(25)2-3-20(30-23)22-18(26)9-15(32)10-19(22)27/h2-5,9-14,32H,6-8,28H2,1H3,(H,31,33)/t12-,13+,14+/m0/s1. The fraction of sp³-hybridized carbons (Fsp3) is 0.292. The lowest BCUT2D eigenvalue weighted by Gasteiger charge is -2.32. The van der Waals surface area contributed by atoms with Gasteiger partial charge in [-0.2, -0.15) is 0 Å². The van der Waals surface area contributed by atoms with Crippen LogP contribution in [0, 0.1) is 23.4 Å². The van der Waals surface area contributed by atoms with Crippen LogP contribution in [0.3, 0.4) is 0 Å². The van der Waals surface area contributed by atoms with Gasteiger partial charge in [0.05, 0.1) is 23.1 Å². The van der Waals surface area contributed by atoms with E-state index in [1.54, 1.807) is 12.3 Å². The number of pyridine rings is 2. The van der Waals surface area contributed by atoms with Crippen molar-refractivity contribution >= 4 is 11.6 Å². The van der Waals surface area contributed by atoms with Gasteiger partial charge >= 0.3 is 0 Å². The fourth-order valence-electron chi connectivity index (χ4n) is 4.50. The molecule has 3 aromatic rings. The van der Waals surface area contributed by atoms with E-state index in [0.717, 1.165) is 37.0 Å². The predicted molar refractivity (Wildman–Crippen MR) is 117 cm³/mol. The summed E-state index contributed by atoms with van der Waals surface area (Å²) in [6, 6.07) is 5.23. The third-order valence-corrected chi connectivity index (χ3v) is 5.87. The minimum absolute atomic E-state index is 0.0429. The Balaban J connectivity index is 1.65. The number of aromatic nitrogens is 2. The molecule has 0 spiro atoms. The predicted octanol–water partition coefficient (Wildman–Crippen LogP) is 4.75. The van der Waals surface area contributed by atoms with Crippen molar-refractivity contribution in [1.29, 1.82) is 0 Å². The molecule has 1 amide bonds. The zero-order valence-electron chi connectivity index (χ0n) is 17.9. The average Bonchev–Trinajstić information content (AvgIpc) is 2.73. The molecule has 0 bridgehead atoms. The van der Waals surface area contributed by atoms with E-state index in [4.69, 9.17) is 5.73 Å². The maximum Gasteiger partial charge on any atom is 0.277 e. The van der Waals surface area contributed by atoms with Gasteiger partial charge in [0.15, 0.2) is 11.5 Å². The number of nitrogens with zero attached hydrogens (tertiary/aromatic N) is 2. The minimum Gasteiger partial charge on any atom is -0.508 e. The van der Waals surface area contributed by atoms with E-state index < -0.39 is 40.4 Å². The van der Waals surface area contributed by atoms with Crippen molar-refractivity contribution in [3.63, 3.8) is 0 Å². The summed E-state index contributed by atoms with van der Waals surface area (Å²) in [6.07, 6.45) is 5.65. The maximum absolute atomic E-state index is 14.5. The van der Waals surface area contributed by atoms with Crippen molar-refractivity contribution in [3.8, 4) is 17.0 Å². The number of halogens is 3. The second-order valence-corrected chi connectivity index (χ2v) is 8.50. The summed E-state index contributed by atoms with van der Waals surface area (Å²) in [6.45, 7) is 2.12. The van der Waals surface area contributed by atoms with Crippen molar-refractivity contribution in [3.05, 3.63) is 71.4 Å². The quantitative estimate of drug-likeness (QED) is 0.526. The summed E-state index contributed by atoms with van der Waals surface area (Å²) in [5.41, 5.74) is 5.95. The fourth-order valence-corrected chi connectivity index (χ4v) is 4.50. The third-order valence-electron chi connectivity index (χ3n) is 5.87. The summed E-state index contributed by atoms with van der Waals surface area (Å²) < 4.78 is 43.0. The number of anilines is 1. The van der Waals surface area contributed by atoms with E-state index in [2.05, 4.69) is 22.2 Å². The number of hydrogen-bond donors (Lipinski definition) is 3. The molecule has 2 heterocycles. The molecule has 1 saturated carbocycles. The van der Waals surface area contributed by atoms with Crippen LogP contribution >= 0.6 is 0 Å². The van der Waals surface area contributed by atoms with Crippen LogP contribution in [0.5, 0.6) is 5.75 Å². The van der Waals surface area contributed by atoms with Crippen LogP contribution in [0.1, 0.15) is 48.2 Å². The molecule has 1 aliphatic carbocycles. The Hall–Kier alpha value is -3.46. The molecular formula is C24H23F3N4O2. The number of nitrogens with two attached hydrogens (primary N) is 1. The van der Waals surface area contributed by atoms with Crippen LogP contribution in [0.25, 0.3) is 11.3 Å². The van der Waals surface area contributed by atoms with E-state index in [-0.39, 0.29) is 17.7 Å². The first-order valence-electron chi connectivity index (χ1n) is 10.6. The van der Waals surface area contributed by atoms with Crippen LogP contribution in [0.15, 0.2) is 42.7 Å². The summed E-state index contributed by atoms with van der Waals surface area (Å²) in [7, 11) is 0. The molecule has 3 atom stereocenters. The van der Waals surface area contributed by atoms with Gasteiger partial charge < -0.3 is 16.2 Å². The minimum atomic E-state index is -1.09. The Bertz CT molecular complexity index is 1170. The van der Waals surface area contributed by atoms with E-state index in [1.807, 2.05) is 0 Å². The number of hydrogen-bond acceptors (Lipinski definition) is 5. The summed E-state index contributed by atoms with van der Waals surface area (Å²) in [4.78, 5) is 20.8. The van der Waals surface area contributed by atoms with Crippen molar-refractivity contribution in [2.24, 2.45) is 11.7 Å². The molecule has 4 rings (SSSR count). The van der Waals surface area contributed by atoms with Gasteiger partial charge in [0.25, 0.3) is 5.91 Å². The van der Waals surface area contributed by atoms with Gasteiger partial charge in [0, 0.05) is 24.4 Å². The highest BCUT2D eigenvalue weighted by molar-refractivity contribution is 6.03. The van der Waals surface area contributed by atoms with Crippen molar-refractivity contribution in [2.45, 2.75) is 38.1 Å². The van der Waals surface area contributed by atoms with Gasteiger partial charge in [-0.15, -0.1) is 0 Å². The van der Waals surface area contributed by atoms with Gasteiger partial charge in [-0.3, -0.25) is 9.78 Å². The van der Waals surface area contributed by atoms with Gasteiger partial charge in [-0.05, 0) is 54.9 Å². The molecule has 0 aliphatic heterocycles.